The van der Waals surface area contributed by atoms with Crippen molar-refractivity contribution in [2.24, 2.45) is 16.7 Å². The molecule has 50 heavy (non-hydrogen) atoms. The van der Waals surface area contributed by atoms with Crippen molar-refractivity contribution >= 4 is 17.7 Å². The highest BCUT2D eigenvalue weighted by Crippen LogP contribution is 2.35. The molecule has 3 aromatic carbocycles. The molecule has 7 nitrogen and oxygen atoms in total. The van der Waals surface area contributed by atoms with Gasteiger partial charge in [0, 0.05) is 19.3 Å². The molecule has 1 N–H and O–H groups in total. The van der Waals surface area contributed by atoms with E-state index in [4.69, 9.17) is 14.2 Å². The lowest BCUT2D eigenvalue weighted by molar-refractivity contribution is -0.168. The van der Waals surface area contributed by atoms with Crippen LogP contribution >= 0.6 is 0 Å². The van der Waals surface area contributed by atoms with Crippen molar-refractivity contribution in [1.29, 1.82) is 0 Å². The topological polar surface area (TPSA) is 99.1 Å². The van der Waals surface area contributed by atoms with Crippen LogP contribution in [0, 0.1) is 16.7 Å². The normalized spacial score (nSPS) is 20.3. The van der Waals surface area contributed by atoms with E-state index in [-0.39, 0.29) is 47.2 Å². The average Bonchev–Trinajstić information content (AvgIpc) is 3.43. The van der Waals surface area contributed by atoms with Crippen LogP contribution in [-0.4, -0.2) is 40.6 Å². The van der Waals surface area contributed by atoms with Crippen molar-refractivity contribution in [3.05, 3.63) is 94.5 Å². The van der Waals surface area contributed by atoms with E-state index >= 15 is 0 Å². The molecule has 7 heteroatoms. The van der Waals surface area contributed by atoms with E-state index in [9.17, 15) is 19.5 Å². The number of para-hydroxylation sites is 1. The van der Waals surface area contributed by atoms with E-state index < -0.39 is 10.8 Å². The zero-order valence-corrected chi connectivity index (χ0v) is 31.4. The second-order valence-electron chi connectivity index (χ2n) is 15.6. The van der Waals surface area contributed by atoms with Crippen LogP contribution in [0.5, 0.6) is 11.5 Å². The highest BCUT2D eigenvalue weighted by molar-refractivity contribution is 6.01. The third-order valence-electron chi connectivity index (χ3n) is 10.7. The zero-order valence-electron chi connectivity index (χ0n) is 31.4. The summed E-state index contributed by atoms with van der Waals surface area (Å²) in [7, 11) is 0. The first-order valence-electron chi connectivity index (χ1n) is 18.1. The first kappa shape index (κ1) is 38.7. The minimum atomic E-state index is -0.418. The Morgan fingerprint density at radius 2 is 1.42 bits per heavy atom. The fourth-order valence-corrected chi connectivity index (χ4v) is 6.15. The van der Waals surface area contributed by atoms with Crippen LogP contribution in [0.25, 0.3) is 0 Å². The van der Waals surface area contributed by atoms with Gasteiger partial charge in [-0.15, -0.1) is 0 Å². The van der Waals surface area contributed by atoms with Crippen molar-refractivity contribution in [1.82, 2.24) is 0 Å². The number of carbonyl (C=O) groups is 3. The maximum absolute atomic E-state index is 12.2. The molecule has 0 fully saturated rings. The molecule has 0 radical (unpaired) electrons. The molecular formula is C43H56O7. The van der Waals surface area contributed by atoms with Crippen molar-refractivity contribution in [3.8, 4) is 11.5 Å². The lowest BCUT2D eigenvalue weighted by Gasteiger charge is -2.30. The predicted octanol–water partition coefficient (Wildman–Crippen LogP) is 9.04. The summed E-state index contributed by atoms with van der Waals surface area (Å²) >= 11 is 0. The number of carbonyl (C=O) groups excluding carboxylic acids is 3. The van der Waals surface area contributed by atoms with Gasteiger partial charge in [-0.1, -0.05) is 63.2 Å². The van der Waals surface area contributed by atoms with Gasteiger partial charge in [0.05, 0.1) is 22.3 Å². The van der Waals surface area contributed by atoms with Crippen LogP contribution in [0.1, 0.15) is 114 Å². The lowest BCUT2D eigenvalue weighted by atomic mass is 9.88. The number of ketones is 1. The maximum atomic E-state index is 12.2. The highest BCUT2D eigenvalue weighted by atomic mass is 16.6. The number of hydrogen-bond acceptors (Lipinski definition) is 7. The molecule has 6 rings (SSSR count). The van der Waals surface area contributed by atoms with Gasteiger partial charge in [0.2, 0.25) is 0 Å². The molecule has 2 aliphatic carbocycles. The molecule has 1 aliphatic heterocycles. The van der Waals surface area contributed by atoms with Crippen LogP contribution in [0.3, 0.4) is 0 Å². The van der Waals surface area contributed by atoms with E-state index in [1.54, 1.807) is 12.1 Å². The minimum Gasteiger partial charge on any atom is -0.508 e. The first-order chi connectivity index (χ1) is 23.5. The summed E-state index contributed by atoms with van der Waals surface area (Å²) in [6, 6.07) is 21.2. The second-order valence-corrected chi connectivity index (χ2v) is 15.6. The Bertz CT molecular complexity index is 1640. The number of ether oxygens (including phenoxy) is 3. The number of esters is 2. The van der Waals surface area contributed by atoms with Crippen LogP contribution in [0.2, 0.25) is 0 Å². The minimum absolute atomic E-state index is 0.0117. The molecule has 3 atom stereocenters. The number of phenols is 1. The summed E-state index contributed by atoms with van der Waals surface area (Å²) in [6.07, 6.45) is 5.63. The molecule has 0 aromatic heterocycles. The van der Waals surface area contributed by atoms with Gasteiger partial charge in [-0.2, -0.15) is 0 Å². The molecule has 0 saturated carbocycles. The monoisotopic (exact) mass is 684 g/mol. The van der Waals surface area contributed by atoms with Gasteiger partial charge in [-0.05, 0) is 114 Å². The second kappa shape index (κ2) is 15.8. The van der Waals surface area contributed by atoms with Crippen LogP contribution in [0.15, 0.2) is 66.7 Å². The van der Waals surface area contributed by atoms with E-state index in [1.165, 1.54) is 16.7 Å². The average molecular weight is 685 g/mol. The standard InChI is InChI=1S/C16H22O3.C16H22O2.C11H12O2/c1-4-16(2,3)15(18)19-14-8-6-11-5-7-13(17)9-12(11)10-14;1-5-15(2,3)14(17)18-16(4)10-12-8-6-7-9-13(12)11-16;1-7-8(2)13-10-6-4-3-5-9(10)11(7)12/h5,7,9,14,17H,4,6,8,10H2,1-3H3;6-9H,5,10-11H2,1-4H3;3-8H,1-2H3. The van der Waals surface area contributed by atoms with E-state index in [2.05, 4.69) is 12.1 Å². The number of aryl methyl sites for hydroxylation is 1. The maximum Gasteiger partial charge on any atom is 0.312 e. The molecule has 3 aliphatic rings. The molecular weight excluding hydrogens is 628 g/mol. The van der Waals surface area contributed by atoms with Gasteiger partial charge in [0.15, 0.2) is 5.78 Å². The van der Waals surface area contributed by atoms with Gasteiger partial charge in [-0.3, -0.25) is 14.4 Å². The largest absolute Gasteiger partial charge is 0.508 e. The third kappa shape index (κ3) is 9.35. The molecule has 3 aromatic rings. The molecule has 0 bridgehead atoms. The number of fused-ring (bicyclic) bond motifs is 3. The third-order valence-corrected chi connectivity index (χ3v) is 10.7. The molecule has 0 saturated heterocycles. The van der Waals surface area contributed by atoms with Crippen molar-refractivity contribution in [2.75, 3.05) is 0 Å². The summed E-state index contributed by atoms with van der Waals surface area (Å²) in [5.74, 6) is 0.950. The molecule has 0 spiro atoms. The van der Waals surface area contributed by atoms with Crippen molar-refractivity contribution in [2.45, 2.75) is 125 Å². The number of phenolic OH excluding ortho intramolecular Hbond substituents is 1. The number of hydrogen-bond donors (Lipinski definition) is 1. The number of benzene rings is 3. The molecule has 0 amide bonds. The van der Waals surface area contributed by atoms with Crippen LogP contribution in [0.4, 0.5) is 0 Å². The fraction of sp³-hybridized carbons (Fsp3) is 0.512. The Balaban J connectivity index is 0.000000171. The summed E-state index contributed by atoms with van der Waals surface area (Å²) in [5.41, 5.74) is 4.50. The van der Waals surface area contributed by atoms with Gasteiger partial charge in [-0.25, -0.2) is 0 Å². The molecule has 3 unspecified atom stereocenters. The van der Waals surface area contributed by atoms with Gasteiger partial charge < -0.3 is 19.3 Å². The summed E-state index contributed by atoms with van der Waals surface area (Å²) in [5, 5.41) is 9.52. The zero-order chi connectivity index (χ0) is 36.9. The van der Waals surface area contributed by atoms with Crippen LogP contribution < -0.4 is 4.74 Å². The van der Waals surface area contributed by atoms with E-state index in [1.807, 2.05) is 105 Å². The Morgan fingerprint density at radius 1 is 0.840 bits per heavy atom. The highest BCUT2D eigenvalue weighted by Gasteiger charge is 2.40. The molecule has 270 valence electrons. The van der Waals surface area contributed by atoms with Gasteiger partial charge in [0.1, 0.15) is 29.3 Å². The number of rotatable bonds is 6. The van der Waals surface area contributed by atoms with E-state index in [0.717, 1.165) is 49.8 Å². The quantitative estimate of drug-likeness (QED) is 0.259. The van der Waals surface area contributed by atoms with Crippen molar-refractivity contribution in [3.63, 3.8) is 0 Å². The number of aromatic hydroxyl groups is 1. The number of Topliss-reactive ketones (excluding diaryl/α,β-unsaturated/α-hetero) is 1. The summed E-state index contributed by atoms with van der Waals surface area (Å²) < 4.78 is 17.0. The Morgan fingerprint density at radius 3 is 2.04 bits per heavy atom. The molecule has 1 heterocycles. The Kier molecular flexibility index (Phi) is 12.2. The SMILES string of the molecule is CC1Oc2ccccc2C(=O)C1C.CCC(C)(C)C(=O)OC1(C)Cc2ccccc2C1.CCC(C)(C)C(=O)OC1CCc2ccc(O)cc2C1. The van der Waals surface area contributed by atoms with E-state index in [0.29, 0.717) is 12.0 Å². The Hall–Kier alpha value is -4.13. The smallest absolute Gasteiger partial charge is 0.312 e. The van der Waals surface area contributed by atoms with Gasteiger partial charge >= 0.3 is 11.9 Å². The van der Waals surface area contributed by atoms with Crippen molar-refractivity contribution < 1.29 is 33.7 Å². The summed E-state index contributed by atoms with van der Waals surface area (Å²) in [4.78, 5) is 36.0. The lowest BCUT2D eigenvalue weighted by Crippen LogP contribution is -2.38. The Labute approximate surface area is 298 Å². The summed E-state index contributed by atoms with van der Waals surface area (Å²) in [6.45, 7) is 17.6. The fourth-order valence-electron chi connectivity index (χ4n) is 6.15. The predicted molar refractivity (Wildman–Crippen MR) is 197 cm³/mol. The van der Waals surface area contributed by atoms with Crippen LogP contribution in [-0.2, 0) is 44.7 Å². The first-order valence-corrected chi connectivity index (χ1v) is 18.1. The van der Waals surface area contributed by atoms with Gasteiger partial charge in [0.25, 0.3) is 0 Å².